The first-order valence-electron chi connectivity index (χ1n) is 3.89. The van der Waals surface area contributed by atoms with Gasteiger partial charge in [-0.1, -0.05) is 0 Å². The van der Waals surface area contributed by atoms with E-state index in [0.717, 1.165) is 0 Å². The van der Waals surface area contributed by atoms with Crippen LogP contribution < -0.4 is 5.73 Å². The third-order valence-electron chi connectivity index (χ3n) is 1.04. The highest BCUT2D eigenvalue weighted by atomic mass is 16.9. The minimum atomic E-state index is -1.35. The van der Waals surface area contributed by atoms with Gasteiger partial charge in [-0.15, -0.1) is 0 Å². The van der Waals surface area contributed by atoms with Crippen molar-refractivity contribution in [3.8, 4) is 0 Å². The van der Waals surface area contributed by atoms with Crippen LogP contribution in [0.3, 0.4) is 0 Å². The van der Waals surface area contributed by atoms with Crippen molar-refractivity contribution in [2.45, 2.75) is 26.9 Å². The summed E-state index contributed by atoms with van der Waals surface area (Å²) in [5, 5.41) is 0. The zero-order valence-electron chi connectivity index (χ0n) is 7.42. The molecule has 11 heavy (non-hydrogen) atoms. The van der Waals surface area contributed by atoms with Crippen molar-refractivity contribution in [2.75, 3.05) is 19.8 Å². The predicted molar refractivity (Wildman–Crippen MR) is 41.8 cm³/mol. The maximum absolute atomic E-state index is 5.56. The largest absolute Gasteiger partial charge is 0.348 e. The van der Waals surface area contributed by atoms with E-state index in [1.807, 2.05) is 20.8 Å². The Labute approximate surface area is 67.6 Å². The Kier molecular flexibility index (Phi) is 5.41. The molecule has 0 unspecified atom stereocenters. The Hall–Kier alpha value is -0.160. The summed E-state index contributed by atoms with van der Waals surface area (Å²) < 4.78 is 15.1. The summed E-state index contributed by atoms with van der Waals surface area (Å²) in [5.41, 5.74) is 5.56. The molecule has 0 aromatic heterocycles. The fourth-order valence-electron chi connectivity index (χ4n) is 0.729. The second kappa shape index (κ2) is 5.49. The molecule has 0 saturated carbocycles. The molecule has 0 aromatic carbocycles. The molecule has 0 heterocycles. The second-order valence-electron chi connectivity index (χ2n) is 1.90. The van der Waals surface area contributed by atoms with Gasteiger partial charge in [-0.3, -0.25) is 5.73 Å². The molecule has 0 radical (unpaired) electrons. The Morgan fingerprint density at radius 2 is 1.18 bits per heavy atom. The van der Waals surface area contributed by atoms with Crippen LogP contribution in [0.4, 0.5) is 0 Å². The van der Waals surface area contributed by atoms with Crippen molar-refractivity contribution in [2.24, 2.45) is 5.73 Å². The zero-order chi connectivity index (χ0) is 8.74. The SMILES string of the molecule is CCOC(N)(OCC)OCC. The van der Waals surface area contributed by atoms with Crippen LogP contribution in [0.15, 0.2) is 0 Å². The maximum atomic E-state index is 5.56. The Balaban J connectivity index is 3.79. The first-order valence-corrected chi connectivity index (χ1v) is 3.89. The molecule has 0 spiro atoms. The monoisotopic (exact) mass is 163 g/mol. The normalized spacial score (nSPS) is 12.0. The van der Waals surface area contributed by atoms with Gasteiger partial charge in [0, 0.05) is 0 Å². The molecule has 4 nitrogen and oxygen atoms in total. The molecule has 0 aromatic rings. The van der Waals surface area contributed by atoms with Crippen LogP contribution in [-0.2, 0) is 14.2 Å². The van der Waals surface area contributed by atoms with Gasteiger partial charge in [0.25, 0.3) is 0 Å². The van der Waals surface area contributed by atoms with E-state index < -0.39 is 6.10 Å². The van der Waals surface area contributed by atoms with Gasteiger partial charge in [-0.05, 0) is 20.8 Å². The Morgan fingerprint density at radius 3 is 1.36 bits per heavy atom. The topological polar surface area (TPSA) is 53.7 Å². The number of hydrogen-bond acceptors (Lipinski definition) is 4. The highest BCUT2D eigenvalue weighted by Crippen LogP contribution is 2.06. The highest BCUT2D eigenvalue weighted by molar-refractivity contribution is 4.42. The van der Waals surface area contributed by atoms with Crippen molar-refractivity contribution < 1.29 is 14.2 Å². The standard InChI is InChI=1S/C7H17NO3/c1-4-9-7(8,10-5-2)11-6-3/h4-6,8H2,1-3H3. The molecule has 0 fully saturated rings. The van der Waals surface area contributed by atoms with Gasteiger partial charge in [0.05, 0.1) is 19.8 Å². The summed E-state index contributed by atoms with van der Waals surface area (Å²) in [6.45, 7) is 6.91. The van der Waals surface area contributed by atoms with E-state index in [1.165, 1.54) is 0 Å². The molecular weight excluding hydrogens is 146 g/mol. The maximum Gasteiger partial charge on any atom is 0.348 e. The van der Waals surface area contributed by atoms with E-state index in [4.69, 9.17) is 19.9 Å². The zero-order valence-corrected chi connectivity index (χ0v) is 7.42. The molecule has 68 valence electrons. The van der Waals surface area contributed by atoms with E-state index in [2.05, 4.69) is 0 Å². The van der Waals surface area contributed by atoms with Gasteiger partial charge >= 0.3 is 6.10 Å². The molecule has 2 N–H and O–H groups in total. The average molecular weight is 163 g/mol. The lowest BCUT2D eigenvalue weighted by Crippen LogP contribution is -2.48. The van der Waals surface area contributed by atoms with E-state index >= 15 is 0 Å². The summed E-state index contributed by atoms with van der Waals surface area (Å²) in [6, 6.07) is 0. The van der Waals surface area contributed by atoms with Crippen LogP contribution in [-0.4, -0.2) is 25.9 Å². The summed E-state index contributed by atoms with van der Waals surface area (Å²) in [7, 11) is 0. The molecule has 0 bridgehead atoms. The van der Waals surface area contributed by atoms with Gasteiger partial charge in [0.15, 0.2) is 0 Å². The van der Waals surface area contributed by atoms with Crippen LogP contribution >= 0.6 is 0 Å². The van der Waals surface area contributed by atoms with Crippen molar-refractivity contribution in [3.63, 3.8) is 0 Å². The number of hydrogen-bond donors (Lipinski definition) is 1. The molecular formula is C7H17NO3. The molecule has 0 saturated heterocycles. The second-order valence-corrected chi connectivity index (χ2v) is 1.90. The van der Waals surface area contributed by atoms with Crippen molar-refractivity contribution in [3.05, 3.63) is 0 Å². The molecule has 0 aliphatic rings. The summed E-state index contributed by atoms with van der Waals surface area (Å²) in [4.78, 5) is 0. The molecule has 0 aliphatic carbocycles. The fraction of sp³-hybridized carbons (Fsp3) is 1.00. The van der Waals surface area contributed by atoms with E-state index in [0.29, 0.717) is 19.8 Å². The predicted octanol–water partition coefficient (Wildman–Crippen LogP) is 0.666. The van der Waals surface area contributed by atoms with Gasteiger partial charge in [0.2, 0.25) is 0 Å². The van der Waals surface area contributed by atoms with E-state index in [1.54, 1.807) is 0 Å². The number of nitrogens with two attached hydrogens (primary N) is 1. The molecule has 4 heteroatoms. The van der Waals surface area contributed by atoms with Crippen molar-refractivity contribution in [1.29, 1.82) is 0 Å². The van der Waals surface area contributed by atoms with Gasteiger partial charge in [0.1, 0.15) is 0 Å². The third kappa shape index (κ3) is 4.31. The minimum Gasteiger partial charge on any atom is -0.315 e. The van der Waals surface area contributed by atoms with Gasteiger partial charge < -0.3 is 14.2 Å². The minimum absolute atomic E-state index is 0.469. The lowest BCUT2D eigenvalue weighted by Gasteiger charge is -2.27. The van der Waals surface area contributed by atoms with Crippen LogP contribution in [0, 0.1) is 0 Å². The quantitative estimate of drug-likeness (QED) is 0.584. The lowest BCUT2D eigenvalue weighted by molar-refractivity contribution is -0.373. The van der Waals surface area contributed by atoms with Crippen molar-refractivity contribution in [1.82, 2.24) is 0 Å². The summed E-state index contributed by atoms with van der Waals surface area (Å²) >= 11 is 0. The van der Waals surface area contributed by atoms with E-state index in [9.17, 15) is 0 Å². The molecule has 0 amide bonds. The van der Waals surface area contributed by atoms with Crippen LogP contribution in [0.2, 0.25) is 0 Å². The summed E-state index contributed by atoms with van der Waals surface area (Å²) in [6.07, 6.45) is -1.35. The third-order valence-corrected chi connectivity index (χ3v) is 1.04. The summed E-state index contributed by atoms with van der Waals surface area (Å²) in [5.74, 6) is 0. The number of rotatable bonds is 6. The first kappa shape index (κ1) is 10.8. The van der Waals surface area contributed by atoms with Gasteiger partial charge in [-0.2, -0.15) is 0 Å². The van der Waals surface area contributed by atoms with E-state index in [-0.39, 0.29) is 0 Å². The molecule has 0 atom stereocenters. The highest BCUT2D eigenvalue weighted by Gasteiger charge is 2.25. The van der Waals surface area contributed by atoms with Crippen LogP contribution in [0.5, 0.6) is 0 Å². The average Bonchev–Trinajstić information content (AvgIpc) is 1.88. The van der Waals surface area contributed by atoms with Crippen LogP contribution in [0.25, 0.3) is 0 Å². The fourth-order valence-corrected chi connectivity index (χ4v) is 0.729. The molecule has 0 aliphatic heterocycles. The smallest absolute Gasteiger partial charge is 0.315 e. The first-order chi connectivity index (χ1) is 5.18. The van der Waals surface area contributed by atoms with Gasteiger partial charge in [-0.25, -0.2) is 0 Å². The molecule has 0 rings (SSSR count). The van der Waals surface area contributed by atoms with Crippen molar-refractivity contribution >= 4 is 0 Å². The number of ether oxygens (including phenoxy) is 3. The lowest BCUT2D eigenvalue weighted by atomic mass is 10.7. The Bertz CT molecular complexity index is 80.7. The Morgan fingerprint density at radius 1 is 0.909 bits per heavy atom. The van der Waals surface area contributed by atoms with Crippen LogP contribution in [0.1, 0.15) is 20.8 Å².